The van der Waals surface area contributed by atoms with Crippen molar-refractivity contribution in [3.63, 3.8) is 0 Å². The van der Waals surface area contributed by atoms with Crippen LogP contribution in [0.25, 0.3) is 6.08 Å². The Hall–Kier alpha value is -3.15. The van der Waals surface area contributed by atoms with Gasteiger partial charge in [-0.1, -0.05) is 23.9 Å². The van der Waals surface area contributed by atoms with Crippen molar-refractivity contribution < 1.29 is 14.3 Å². The van der Waals surface area contributed by atoms with Crippen LogP contribution in [-0.2, 0) is 4.79 Å². The molecule has 1 aliphatic heterocycles. The van der Waals surface area contributed by atoms with Crippen LogP contribution in [0.5, 0.6) is 5.75 Å². The van der Waals surface area contributed by atoms with Crippen LogP contribution in [0.4, 0.5) is 0 Å². The van der Waals surface area contributed by atoms with E-state index >= 15 is 0 Å². The molecule has 27 heavy (non-hydrogen) atoms. The Morgan fingerprint density at radius 1 is 1.22 bits per heavy atom. The molecule has 0 atom stereocenters. The summed E-state index contributed by atoms with van der Waals surface area (Å²) < 4.78 is 5.29. The molecule has 2 aromatic carbocycles. The Kier molecular flexibility index (Phi) is 5.54. The molecule has 0 radical (unpaired) electrons. The van der Waals surface area contributed by atoms with E-state index in [2.05, 4.69) is 5.43 Å². The van der Waals surface area contributed by atoms with Gasteiger partial charge in [-0.3, -0.25) is 15.0 Å². The number of hydrogen-bond donors (Lipinski definition) is 1. The van der Waals surface area contributed by atoms with Crippen molar-refractivity contribution in [2.24, 2.45) is 0 Å². The molecule has 0 aromatic heterocycles. The predicted molar refractivity (Wildman–Crippen MR) is 107 cm³/mol. The fourth-order valence-electron chi connectivity index (χ4n) is 2.28. The fourth-order valence-corrected chi connectivity index (χ4v) is 3.46. The Morgan fingerprint density at radius 2 is 1.89 bits per heavy atom. The first-order valence-electron chi connectivity index (χ1n) is 7.75. The van der Waals surface area contributed by atoms with Gasteiger partial charge < -0.3 is 4.74 Å². The SMILES string of the molecule is COc1ccc(C(=O)NN2C(=O)C(=Cc3ccc(C#N)cc3)SC2=S)cc1. The van der Waals surface area contributed by atoms with Gasteiger partial charge >= 0.3 is 0 Å². The van der Waals surface area contributed by atoms with Gasteiger partial charge in [-0.2, -0.15) is 10.3 Å². The quantitative estimate of drug-likeness (QED) is 0.633. The fraction of sp³-hybridized carbons (Fsp3) is 0.0526. The highest BCUT2D eigenvalue weighted by molar-refractivity contribution is 8.26. The van der Waals surface area contributed by atoms with E-state index in [1.807, 2.05) is 6.07 Å². The Morgan fingerprint density at radius 3 is 2.48 bits per heavy atom. The van der Waals surface area contributed by atoms with Crippen LogP contribution in [0.1, 0.15) is 21.5 Å². The second kappa shape index (κ2) is 8.03. The van der Waals surface area contributed by atoms with E-state index in [1.165, 1.54) is 7.11 Å². The van der Waals surface area contributed by atoms with Gasteiger partial charge in [0, 0.05) is 5.56 Å². The normalized spacial score (nSPS) is 15.0. The number of nitrogens with zero attached hydrogens (tertiary/aromatic N) is 2. The number of hydrogen-bond acceptors (Lipinski definition) is 6. The molecule has 2 amide bonds. The van der Waals surface area contributed by atoms with Crippen LogP contribution < -0.4 is 10.2 Å². The first-order valence-corrected chi connectivity index (χ1v) is 8.97. The second-order valence-electron chi connectivity index (χ2n) is 5.42. The molecule has 0 saturated carbocycles. The first-order chi connectivity index (χ1) is 13.0. The second-order valence-corrected chi connectivity index (χ2v) is 7.10. The van der Waals surface area contributed by atoms with E-state index < -0.39 is 11.8 Å². The van der Waals surface area contributed by atoms with Gasteiger partial charge in [-0.05, 0) is 60.3 Å². The van der Waals surface area contributed by atoms with E-state index in [9.17, 15) is 9.59 Å². The number of hydrazine groups is 1. The van der Waals surface area contributed by atoms with Crippen LogP contribution in [-0.4, -0.2) is 28.3 Å². The molecule has 0 aliphatic carbocycles. The summed E-state index contributed by atoms with van der Waals surface area (Å²) >= 11 is 6.31. The maximum absolute atomic E-state index is 12.6. The van der Waals surface area contributed by atoms with Crippen molar-refractivity contribution in [1.29, 1.82) is 5.26 Å². The molecule has 1 aliphatic rings. The standard InChI is InChI=1S/C19H13N3O3S2/c1-25-15-8-6-14(7-9-15)17(23)21-22-18(24)16(27-19(22)26)10-12-2-4-13(11-20)5-3-12/h2-10H,1H3,(H,21,23). The number of methoxy groups -OCH3 is 1. The highest BCUT2D eigenvalue weighted by atomic mass is 32.2. The Labute approximate surface area is 165 Å². The molecule has 6 nitrogen and oxygen atoms in total. The number of nitrogens with one attached hydrogen (secondary N) is 1. The topological polar surface area (TPSA) is 82.4 Å². The van der Waals surface area contributed by atoms with Crippen molar-refractivity contribution in [2.75, 3.05) is 7.11 Å². The minimum Gasteiger partial charge on any atom is -0.497 e. The number of benzene rings is 2. The lowest BCUT2D eigenvalue weighted by Crippen LogP contribution is -2.44. The minimum atomic E-state index is -0.450. The molecular weight excluding hydrogens is 382 g/mol. The summed E-state index contributed by atoms with van der Waals surface area (Å²) in [6.07, 6.45) is 1.67. The average molecular weight is 395 g/mol. The molecule has 8 heteroatoms. The van der Waals surface area contributed by atoms with Gasteiger partial charge in [0.1, 0.15) is 5.75 Å². The summed E-state index contributed by atoms with van der Waals surface area (Å²) in [5.74, 6) is -0.229. The number of thiocarbonyl (C=S) groups is 1. The summed E-state index contributed by atoms with van der Waals surface area (Å²) in [6.45, 7) is 0. The molecule has 1 N–H and O–H groups in total. The predicted octanol–water partition coefficient (Wildman–Crippen LogP) is 3.11. The van der Waals surface area contributed by atoms with Gasteiger partial charge in [-0.25, -0.2) is 0 Å². The van der Waals surface area contributed by atoms with Crippen LogP contribution in [0.15, 0.2) is 53.4 Å². The first kappa shape index (κ1) is 18.6. The lowest BCUT2D eigenvalue weighted by molar-refractivity contribution is -0.123. The largest absolute Gasteiger partial charge is 0.497 e. The monoisotopic (exact) mass is 395 g/mol. The summed E-state index contributed by atoms with van der Waals surface area (Å²) in [7, 11) is 1.54. The molecule has 0 unspecified atom stereocenters. The van der Waals surface area contributed by atoms with Crippen LogP contribution >= 0.6 is 24.0 Å². The number of ether oxygens (including phenoxy) is 1. The van der Waals surface area contributed by atoms with Gasteiger partial charge in [0.05, 0.1) is 23.6 Å². The third-order valence-corrected chi connectivity index (χ3v) is 5.00. The number of rotatable bonds is 4. The van der Waals surface area contributed by atoms with E-state index in [4.69, 9.17) is 22.2 Å². The van der Waals surface area contributed by atoms with Crippen molar-refractivity contribution in [2.45, 2.75) is 0 Å². The number of carbonyl (C=O) groups excluding carboxylic acids is 2. The summed E-state index contributed by atoms with van der Waals surface area (Å²) in [4.78, 5) is 25.3. The average Bonchev–Trinajstić information content (AvgIpc) is 2.96. The zero-order chi connectivity index (χ0) is 19.4. The van der Waals surface area contributed by atoms with E-state index in [0.717, 1.165) is 22.3 Å². The molecule has 1 saturated heterocycles. The molecule has 1 heterocycles. The summed E-state index contributed by atoms with van der Waals surface area (Å²) in [5.41, 5.74) is 4.19. The van der Waals surface area contributed by atoms with E-state index in [-0.39, 0.29) is 4.32 Å². The zero-order valence-electron chi connectivity index (χ0n) is 14.1. The molecule has 2 aromatic rings. The van der Waals surface area contributed by atoms with Crippen LogP contribution in [0.3, 0.4) is 0 Å². The van der Waals surface area contributed by atoms with Crippen molar-refractivity contribution in [1.82, 2.24) is 10.4 Å². The van der Waals surface area contributed by atoms with Gasteiger partial charge in [0.25, 0.3) is 11.8 Å². The van der Waals surface area contributed by atoms with Crippen molar-refractivity contribution >= 4 is 46.2 Å². The Bertz CT molecular complexity index is 977. The molecule has 1 fully saturated rings. The third-order valence-electron chi connectivity index (χ3n) is 3.70. The number of carbonyl (C=O) groups is 2. The number of thioether (sulfide) groups is 1. The summed E-state index contributed by atoms with van der Waals surface area (Å²) in [5, 5.41) is 9.89. The van der Waals surface area contributed by atoms with Gasteiger partial charge in [0.2, 0.25) is 0 Å². The highest BCUT2D eigenvalue weighted by Crippen LogP contribution is 2.31. The zero-order valence-corrected chi connectivity index (χ0v) is 15.8. The van der Waals surface area contributed by atoms with Crippen LogP contribution in [0, 0.1) is 11.3 Å². The van der Waals surface area contributed by atoms with Crippen molar-refractivity contribution in [3.8, 4) is 11.8 Å². The molecular formula is C19H13N3O3S2. The maximum atomic E-state index is 12.6. The van der Waals surface area contributed by atoms with Gasteiger partial charge in [0.15, 0.2) is 4.32 Å². The third kappa shape index (κ3) is 4.16. The van der Waals surface area contributed by atoms with Crippen LogP contribution in [0.2, 0.25) is 0 Å². The smallest absolute Gasteiger partial charge is 0.285 e. The number of nitriles is 1. The molecule has 3 rings (SSSR count). The maximum Gasteiger partial charge on any atom is 0.285 e. The van der Waals surface area contributed by atoms with Gasteiger partial charge in [-0.15, -0.1) is 0 Å². The number of amides is 2. The van der Waals surface area contributed by atoms with Crippen molar-refractivity contribution in [3.05, 3.63) is 70.1 Å². The Balaban J connectivity index is 1.74. The van der Waals surface area contributed by atoms with E-state index in [1.54, 1.807) is 54.6 Å². The highest BCUT2D eigenvalue weighted by Gasteiger charge is 2.33. The minimum absolute atomic E-state index is 0.238. The summed E-state index contributed by atoms with van der Waals surface area (Å²) in [6, 6.07) is 15.3. The lowest BCUT2D eigenvalue weighted by atomic mass is 10.1. The molecule has 134 valence electrons. The lowest BCUT2D eigenvalue weighted by Gasteiger charge is -2.15. The molecule has 0 spiro atoms. The molecule has 0 bridgehead atoms. The van der Waals surface area contributed by atoms with E-state index in [0.29, 0.717) is 21.8 Å².